The van der Waals surface area contributed by atoms with Gasteiger partial charge in [-0.3, -0.25) is 4.79 Å². The van der Waals surface area contributed by atoms with Crippen molar-refractivity contribution in [3.8, 4) is 0 Å². The zero-order valence-electron chi connectivity index (χ0n) is 15.3. The minimum absolute atomic E-state index is 0.109. The third-order valence-electron chi connectivity index (χ3n) is 4.18. The first-order valence-corrected chi connectivity index (χ1v) is 10.3. The lowest BCUT2D eigenvalue weighted by Gasteiger charge is -2.10. The quantitative estimate of drug-likeness (QED) is 0.661. The number of hydrogen-bond donors (Lipinski definition) is 2. The van der Waals surface area contributed by atoms with E-state index >= 15 is 0 Å². The highest BCUT2D eigenvalue weighted by molar-refractivity contribution is 7.89. The summed E-state index contributed by atoms with van der Waals surface area (Å²) in [6.07, 6.45) is 2.80. The monoisotopic (exact) mass is 374 g/mol. The van der Waals surface area contributed by atoms with Crippen molar-refractivity contribution >= 4 is 15.9 Å². The van der Waals surface area contributed by atoms with Crippen LogP contribution in [0.4, 0.5) is 0 Å². The second-order valence-electron chi connectivity index (χ2n) is 6.24. The molecule has 5 nitrogen and oxygen atoms in total. The van der Waals surface area contributed by atoms with E-state index in [-0.39, 0.29) is 10.8 Å². The van der Waals surface area contributed by atoms with Gasteiger partial charge in [0.25, 0.3) is 5.91 Å². The first-order chi connectivity index (χ1) is 12.4. The van der Waals surface area contributed by atoms with Crippen LogP contribution in [0.1, 0.15) is 47.7 Å². The standard InChI is InChI=1S/C20H26N2O3S/c1-3-4-7-13-22-26(24,25)19-12-8-11-17(14-19)20(23)21-15-18-10-6-5-9-16(18)2/h5-6,8-12,14,22H,3-4,7,13,15H2,1-2H3,(H,21,23). The van der Waals surface area contributed by atoms with Crippen LogP contribution >= 0.6 is 0 Å². The van der Waals surface area contributed by atoms with Gasteiger partial charge in [0.1, 0.15) is 0 Å². The normalized spacial score (nSPS) is 11.3. The maximum absolute atomic E-state index is 12.4. The third-order valence-corrected chi connectivity index (χ3v) is 5.64. The summed E-state index contributed by atoms with van der Waals surface area (Å²) in [5.74, 6) is -0.295. The number of hydrogen-bond acceptors (Lipinski definition) is 3. The molecule has 0 bridgehead atoms. The molecule has 2 aromatic rings. The highest BCUT2D eigenvalue weighted by atomic mass is 32.2. The number of unbranched alkanes of at least 4 members (excludes halogenated alkanes) is 2. The van der Waals surface area contributed by atoms with Crippen LogP contribution in [0.2, 0.25) is 0 Å². The van der Waals surface area contributed by atoms with Gasteiger partial charge < -0.3 is 5.32 Å². The van der Waals surface area contributed by atoms with E-state index in [2.05, 4.69) is 17.0 Å². The van der Waals surface area contributed by atoms with Crippen LogP contribution in [-0.4, -0.2) is 20.9 Å². The molecular weight excluding hydrogens is 348 g/mol. The Labute approximate surface area is 155 Å². The molecule has 0 unspecified atom stereocenters. The first kappa shape index (κ1) is 20.1. The SMILES string of the molecule is CCCCCNS(=O)(=O)c1cccc(C(=O)NCc2ccccc2C)c1. The first-order valence-electron chi connectivity index (χ1n) is 8.86. The summed E-state index contributed by atoms with van der Waals surface area (Å²) in [5, 5.41) is 2.84. The molecule has 0 spiro atoms. The van der Waals surface area contributed by atoms with E-state index in [4.69, 9.17) is 0 Å². The summed E-state index contributed by atoms with van der Waals surface area (Å²) in [6.45, 7) is 4.85. The van der Waals surface area contributed by atoms with Crippen LogP contribution in [0.3, 0.4) is 0 Å². The average Bonchev–Trinajstić information content (AvgIpc) is 2.64. The summed E-state index contributed by atoms with van der Waals surface area (Å²) in [6, 6.07) is 13.9. The van der Waals surface area contributed by atoms with Crippen molar-refractivity contribution in [3.05, 3.63) is 65.2 Å². The van der Waals surface area contributed by atoms with Crippen LogP contribution in [0.5, 0.6) is 0 Å². The van der Waals surface area contributed by atoms with Gasteiger partial charge in [0.2, 0.25) is 10.0 Å². The summed E-state index contributed by atoms with van der Waals surface area (Å²) >= 11 is 0. The smallest absolute Gasteiger partial charge is 0.251 e. The molecule has 140 valence electrons. The van der Waals surface area contributed by atoms with Crippen molar-refractivity contribution in [2.24, 2.45) is 0 Å². The predicted octanol–water partition coefficient (Wildman–Crippen LogP) is 3.39. The topological polar surface area (TPSA) is 75.3 Å². The van der Waals surface area contributed by atoms with Crippen LogP contribution in [0.25, 0.3) is 0 Å². The van der Waals surface area contributed by atoms with Crippen LogP contribution in [0, 0.1) is 6.92 Å². The lowest BCUT2D eigenvalue weighted by Crippen LogP contribution is -2.26. The predicted molar refractivity (Wildman–Crippen MR) is 104 cm³/mol. The van der Waals surface area contributed by atoms with Gasteiger partial charge in [-0.1, -0.05) is 50.1 Å². The Bertz CT molecular complexity index is 848. The molecule has 0 radical (unpaired) electrons. The number of carbonyl (C=O) groups excluding carboxylic acids is 1. The minimum Gasteiger partial charge on any atom is -0.348 e. The summed E-state index contributed by atoms with van der Waals surface area (Å²) in [7, 11) is -3.60. The van der Waals surface area contributed by atoms with E-state index in [0.29, 0.717) is 18.7 Å². The van der Waals surface area contributed by atoms with Gasteiger partial charge >= 0.3 is 0 Å². The van der Waals surface area contributed by atoms with Crippen molar-refractivity contribution in [1.29, 1.82) is 0 Å². The van der Waals surface area contributed by atoms with Crippen molar-refractivity contribution in [1.82, 2.24) is 10.0 Å². The number of sulfonamides is 1. The molecule has 26 heavy (non-hydrogen) atoms. The number of rotatable bonds is 9. The van der Waals surface area contributed by atoms with Gasteiger partial charge in [0.15, 0.2) is 0 Å². The fourth-order valence-electron chi connectivity index (χ4n) is 2.56. The summed E-state index contributed by atoms with van der Waals surface area (Å²) in [4.78, 5) is 12.5. The van der Waals surface area contributed by atoms with Crippen molar-refractivity contribution in [2.75, 3.05) is 6.54 Å². The van der Waals surface area contributed by atoms with E-state index in [1.165, 1.54) is 12.1 Å². The molecule has 2 rings (SSSR count). The Balaban J connectivity index is 2.03. The molecule has 0 aliphatic heterocycles. The fraction of sp³-hybridized carbons (Fsp3) is 0.350. The Morgan fingerprint density at radius 3 is 2.54 bits per heavy atom. The molecule has 0 saturated heterocycles. The number of nitrogens with one attached hydrogen (secondary N) is 2. The molecule has 0 aliphatic rings. The van der Waals surface area contributed by atoms with Gasteiger partial charge in [0, 0.05) is 18.7 Å². The molecule has 0 saturated carbocycles. The van der Waals surface area contributed by atoms with Crippen molar-refractivity contribution < 1.29 is 13.2 Å². The Hall–Kier alpha value is -2.18. The Morgan fingerprint density at radius 2 is 1.81 bits per heavy atom. The highest BCUT2D eigenvalue weighted by Crippen LogP contribution is 2.13. The lowest BCUT2D eigenvalue weighted by molar-refractivity contribution is 0.0950. The second kappa shape index (κ2) is 9.50. The lowest BCUT2D eigenvalue weighted by atomic mass is 10.1. The number of benzene rings is 2. The maximum atomic E-state index is 12.4. The van der Waals surface area contributed by atoms with Crippen molar-refractivity contribution in [3.63, 3.8) is 0 Å². The van der Waals surface area contributed by atoms with E-state index in [1.54, 1.807) is 12.1 Å². The highest BCUT2D eigenvalue weighted by Gasteiger charge is 2.15. The molecule has 6 heteroatoms. The van der Waals surface area contributed by atoms with E-state index in [0.717, 1.165) is 30.4 Å². The molecule has 0 aliphatic carbocycles. The molecule has 1 amide bonds. The average molecular weight is 375 g/mol. The van der Waals surface area contributed by atoms with Crippen LogP contribution < -0.4 is 10.0 Å². The molecule has 0 atom stereocenters. The van der Waals surface area contributed by atoms with Gasteiger partial charge in [-0.15, -0.1) is 0 Å². The minimum atomic E-state index is -3.60. The largest absolute Gasteiger partial charge is 0.348 e. The number of aryl methyl sites for hydroxylation is 1. The van der Waals surface area contributed by atoms with E-state index in [1.807, 2.05) is 31.2 Å². The van der Waals surface area contributed by atoms with Gasteiger partial charge in [-0.25, -0.2) is 13.1 Å². The van der Waals surface area contributed by atoms with E-state index < -0.39 is 10.0 Å². The third kappa shape index (κ3) is 5.68. The number of amides is 1. The fourth-order valence-corrected chi connectivity index (χ4v) is 3.67. The maximum Gasteiger partial charge on any atom is 0.251 e. The number of carbonyl (C=O) groups is 1. The molecular formula is C20H26N2O3S. The second-order valence-corrected chi connectivity index (χ2v) is 8.01. The van der Waals surface area contributed by atoms with Crippen LogP contribution in [0.15, 0.2) is 53.4 Å². The van der Waals surface area contributed by atoms with Gasteiger partial charge in [-0.05, 0) is 42.7 Å². The zero-order chi connectivity index (χ0) is 19.0. The summed E-state index contributed by atoms with van der Waals surface area (Å²) in [5.41, 5.74) is 2.46. The Kier molecular flexibility index (Phi) is 7.36. The van der Waals surface area contributed by atoms with Gasteiger partial charge in [0.05, 0.1) is 4.90 Å². The van der Waals surface area contributed by atoms with Crippen LogP contribution in [-0.2, 0) is 16.6 Å². The van der Waals surface area contributed by atoms with Gasteiger partial charge in [-0.2, -0.15) is 0 Å². The molecule has 2 N–H and O–H groups in total. The molecule has 0 aromatic heterocycles. The molecule has 2 aromatic carbocycles. The Morgan fingerprint density at radius 1 is 1.04 bits per heavy atom. The molecule has 0 fully saturated rings. The van der Waals surface area contributed by atoms with E-state index in [9.17, 15) is 13.2 Å². The summed E-state index contributed by atoms with van der Waals surface area (Å²) < 4.78 is 27.3. The molecule has 0 heterocycles. The van der Waals surface area contributed by atoms with Crippen molar-refractivity contribution in [2.45, 2.75) is 44.6 Å². The zero-order valence-corrected chi connectivity index (χ0v) is 16.1.